The van der Waals surface area contributed by atoms with Crippen LogP contribution < -0.4 is 16.6 Å². The highest BCUT2D eigenvalue weighted by Crippen LogP contribution is 2.17. The van der Waals surface area contributed by atoms with Crippen LogP contribution >= 0.6 is 0 Å². The highest BCUT2D eigenvalue weighted by Gasteiger charge is 2.16. The number of hydrazine groups is 1. The fourth-order valence-electron chi connectivity index (χ4n) is 1.58. The van der Waals surface area contributed by atoms with Gasteiger partial charge in [-0.3, -0.25) is 15.6 Å². The van der Waals surface area contributed by atoms with E-state index in [0.717, 1.165) is 0 Å². The number of carbonyl (C=O) groups excluding carboxylic acids is 1. The summed E-state index contributed by atoms with van der Waals surface area (Å²) in [7, 11) is 0. The molecule has 0 radical (unpaired) electrons. The van der Waals surface area contributed by atoms with E-state index >= 15 is 0 Å². The number of amides is 1. The molecule has 0 saturated carbocycles. The van der Waals surface area contributed by atoms with Crippen LogP contribution in [-0.2, 0) is 0 Å². The molecule has 0 bridgehead atoms. The third-order valence-electron chi connectivity index (χ3n) is 2.61. The quantitative estimate of drug-likeness (QED) is 0.575. The molecule has 2 rings (SSSR count). The first-order valence-corrected chi connectivity index (χ1v) is 6.16. The predicted octanol–water partition coefficient (Wildman–Crippen LogP) is 1.53. The Kier molecular flexibility index (Phi) is 4.21. The largest absolute Gasteiger partial charge is 0.321 e. The van der Waals surface area contributed by atoms with Gasteiger partial charge < -0.3 is 10.7 Å². The molecule has 2 aromatic rings. The molecular formula is C13H16N6O. The minimum atomic E-state index is -0.366. The van der Waals surface area contributed by atoms with E-state index in [1.54, 1.807) is 24.5 Å². The Morgan fingerprint density at radius 3 is 2.75 bits per heavy atom. The first-order chi connectivity index (χ1) is 9.61. The van der Waals surface area contributed by atoms with Crippen LogP contribution in [-0.4, -0.2) is 20.9 Å². The molecule has 1 amide bonds. The minimum Gasteiger partial charge on any atom is -0.321 e. The van der Waals surface area contributed by atoms with Crippen LogP contribution in [0.3, 0.4) is 0 Å². The van der Waals surface area contributed by atoms with Gasteiger partial charge in [-0.2, -0.15) is 0 Å². The summed E-state index contributed by atoms with van der Waals surface area (Å²) in [5, 5.41) is 2.71. The normalized spacial score (nSPS) is 10.4. The Morgan fingerprint density at radius 1 is 1.35 bits per heavy atom. The van der Waals surface area contributed by atoms with Gasteiger partial charge in [-0.25, -0.2) is 9.97 Å². The van der Waals surface area contributed by atoms with Crippen LogP contribution in [0.1, 0.15) is 36.1 Å². The van der Waals surface area contributed by atoms with E-state index in [-0.39, 0.29) is 17.5 Å². The average Bonchev–Trinajstić information content (AvgIpc) is 2.47. The van der Waals surface area contributed by atoms with Crippen molar-refractivity contribution < 1.29 is 4.79 Å². The minimum absolute atomic E-state index is 0.117. The predicted molar refractivity (Wildman–Crippen MR) is 76.1 cm³/mol. The van der Waals surface area contributed by atoms with E-state index in [1.807, 2.05) is 13.8 Å². The van der Waals surface area contributed by atoms with E-state index in [0.29, 0.717) is 17.2 Å². The number of nitrogen functional groups attached to an aromatic ring is 1. The Hall–Kier alpha value is -2.54. The van der Waals surface area contributed by atoms with Gasteiger partial charge in [-0.1, -0.05) is 13.8 Å². The number of aromatic nitrogens is 3. The second-order valence-corrected chi connectivity index (χ2v) is 4.49. The second-order valence-electron chi connectivity index (χ2n) is 4.49. The lowest BCUT2D eigenvalue weighted by atomic mass is 10.2. The van der Waals surface area contributed by atoms with Crippen molar-refractivity contribution in [2.75, 3.05) is 10.7 Å². The SMILES string of the molecule is CC(C)c1ncc(NN)c(C(=O)Nc2cccnc2)n1. The number of nitrogens with two attached hydrogens (primary N) is 1. The summed E-state index contributed by atoms with van der Waals surface area (Å²) in [6.45, 7) is 3.90. The van der Waals surface area contributed by atoms with Crippen LogP contribution in [0.15, 0.2) is 30.7 Å². The van der Waals surface area contributed by atoms with Gasteiger partial charge in [0.25, 0.3) is 5.91 Å². The van der Waals surface area contributed by atoms with E-state index in [2.05, 4.69) is 25.7 Å². The first kappa shape index (κ1) is 13.9. The number of anilines is 2. The molecule has 2 aromatic heterocycles. The van der Waals surface area contributed by atoms with E-state index in [4.69, 9.17) is 5.84 Å². The topological polar surface area (TPSA) is 106 Å². The third-order valence-corrected chi connectivity index (χ3v) is 2.61. The molecule has 0 aliphatic heterocycles. The van der Waals surface area contributed by atoms with Gasteiger partial charge in [-0.05, 0) is 12.1 Å². The number of carbonyl (C=O) groups is 1. The first-order valence-electron chi connectivity index (χ1n) is 6.16. The Morgan fingerprint density at radius 2 is 2.15 bits per heavy atom. The van der Waals surface area contributed by atoms with Crippen molar-refractivity contribution in [3.63, 3.8) is 0 Å². The van der Waals surface area contributed by atoms with Crippen molar-refractivity contribution in [2.24, 2.45) is 5.84 Å². The molecule has 0 aliphatic rings. The maximum Gasteiger partial charge on any atom is 0.276 e. The molecule has 0 saturated heterocycles. The summed E-state index contributed by atoms with van der Waals surface area (Å²) in [5.41, 5.74) is 3.59. The standard InChI is InChI=1S/C13H16N6O/c1-8(2)12-16-7-10(19-14)11(18-12)13(20)17-9-4-3-5-15-6-9/h3-8,19H,14H2,1-2H3,(H,17,20). The Labute approximate surface area is 116 Å². The molecule has 0 fully saturated rings. The lowest BCUT2D eigenvalue weighted by Gasteiger charge is -2.11. The molecule has 0 aromatic carbocycles. The molecule has 0 unspecified atom stereocenters. The molecule has 0 atom stereocenters. The summed E-state index contributed by atoms with van der Waals surface area (Å²) >= 11 is 0. The van der Waals surface area contributed by atoms with Crippen LogP contribution in [0.4, 0.5) is 11.4 Å². The Balaban J connectivity index is 2.30. The smallest absolute Gasteiger partial charge is 0.276 e. The monoisotopic (exact) mass is 272 g/mol. The van der Waals surface area contributed by atoms with E-state index in [1.165, 1.54) is 6.20 Å². The highest BCUT2D eigenvalue weighted by atomic mass is 16.1. The maximum absolute atomic E-state index is 12.2. The van der Waals surface area contributed by atoms with Gasteiger partial charge in [0.15, 0.2) is 5.69 Å². The maximum atomic E-state index is 12.2. The van der Waals surface area contributed by atoms with Crippen molar-refractivity contribution in [2.45, 2.75) is 19.8 Å². The van der Waals surface area contributed by atoms with Gasteiger partial charge >= 0.3 is 0 Å². The van der Waals surface area contributed by atoms with Crippen molar-refractivity contribution in [1.29, 1.82) is 0 Å². The molecular weight excluding hydrogens is 256 g/mol. The summed E-state index contributed by atoms with van der Waals surface area (Å²) < 4.78 is 0. The zero-order chi connectivity index (χ0) is 14.5. The number of pyridine rings is 1. The summed E-state index contributed by atoms with van der Waals surface area (Å²) in [5.74, 6) is 5.72. The lowest BCUT2D eigenvalue weighted by molar-refractivity contribution is 0.102. The van der Waals surface area contributed by atoms with Crippen molar-refractivity contribution in [3.8, 4) is 0 Å². The van der Waals surface area contributed by atoms with Gasteiger partial charge in [0, 0.05) is 12.1 Å². The number of hydrogen-bond donors (Lipinski definition) is 3. The average molecular weight is 272 g/mol. The van der Waals surface area contributed by atoms with Crippen LogP contribution in [0.2, 0.25) is 0 Å². The molecule has 7 nitrogen and oxygen atoms in total. The number of hydrogen-bond acceptors (Lipinski definition) is 6. The molecule has 0 aliphatic carbocycles. The second kappa shape index (κ2) is 6.07. The molecule has 2 heterocycles. The lowest BCUT2D eigenvalue weighted by Crippen LogP contribution is -2.20. The van der Waals surface area contributed by atoms with Crippen LogP contribution in [0.5, 0.6) is 0 Å². The fourth-order valence-corrected chi connectivity index (χ4v) is 1.58. The molecule has 4 N–H and O–H groups in total. The molecule has 20 heavy (non-hydrogen) atoms. The summed E-state index contributed by atoms with van der Waals surface area (Å²) in [6, 6.07) is 3.47. The van der Waals surface area contributed by atoms with Crippen molar-refractivity contribution in [3.05, 3.63) is 42.2 Å². The third kappa shape index (κ3) is 3.07. The van der Waals surface area contributed by atoms with Crippen LogP contribution in [0.25, 0.3) is 0 Å². The van der Waals surface area contributed by atoms with Gasteiger partial charge in [0.05, 0.1) is 23.8 Å². The number of nitrogens with one attached hydrogen (secondary N) is 2. The molecule has 104 valence electrons. The number of rotatable bonds is 4. The fraction of sp³-hybridized carbons (Fsp3) is 0.231. The molecule has 7 heteroatoms. The number of nitrogens with zero attached hydrogens (tertiary/aromatic N) is 3. The van der Waals surface area contributed by atoms with Crippen molar-refractivity contribution in [1.82, 2.24) is 15.0 Å². The molecule has 0 spiro atoms. The zero-order valence-corrected chi connectivity index (χ0v) is 11.3. The van der Waals surface area contributed by atoms with Gasteiger partial charge in [0.1, 0.15) is 5.82 Å². The van der Waals surface area contributed by atoms with Crippen molar-refractivity contribution >= 4 is 17.3 Å². The van der Waals surface area contributed by atoms with Crippen LogP contribution in [0, 0.1) is 0 Å². The Bertz CT molecular complexity index is 599. The summed E-state index contributed by atoms with van der Waals surface area (Å²) in [6.07, 6.45) is 4.68. The van der Waals surface area contributed by atoms with E-state index in [9.17, 15) is 4.79 Å². The highest BCUT2D eigenvalue weighted by molar-refractivity contribution is 6.06. The summed E-state index contributed by atoms with van der Waals surface area (Å²) in [4.78, 5) is 24.6. The zero-order valence-electron chi connectivity index (χ0n) is 11.3. The van der Waals surface area contributed by atoms with E-state index < -0.39 is 0 Å². The van der Waals surface area contributed by atoms with Gasteiger partial charge in [0.2, 0.25) is 0 Å². The van der Waals surface area contributed by atoms with Gasteiger partial charge in [-0.15, -0.1) is 0 Å².